The number of hydrogen-bond donors (Lipinski definition) is 2. The third-order valence-corrected chi connectivity index (χ3v) is 2.45. The molecule has 0 saturated heterocycles. The van der Waals surface area contributed by atoms with E-state index in [1.54, 1.807) is 0 Å². The Morgan fingerprint density at radius 3 is 2.45 bits per heavy atom. The number of aromatic hydroxyl groups is 1. The Morgan fingerprint density at radius 1 is 1.10 bits per heavy atom. The van der Waals surface area contributed by atoms with Gasteiger partial charge >= 0.3 is 0 Å². The van der Waals surface area contributed by atoms with Crippen molar-refractivity contribution in [2.75, 3.05) is 0 Å². The van der Waals surface area contributed by atoms with Crippen molar-refractivity contribution in [3.05, 3.63) is 65.2 Å². The molecule has 2 rings (SSSR count). The molecule has 0 saturated carbocycles. The summed E-state index contributed by atoms with van der Waals surface area (Å²) in [4.78, 5) is 11.6. The van der Waals surface area contributed by atoms with Crippen LogP contribution in [0.2, 0.25) is 0 Å². The number of carbonyl (C=O) groups excluding carboxylic acids is 1. The van der Waals surface area contributed by atoms with Crippen molar-refractivity contribution in [3.63, 3.8) is 0 Å². The third-order valence-electron chi connectivity index (χ3n) is 2.45. The SMILES string of the molecule is O=C(N/N=C/c1ccc(F)c(F)c1)c1ccc(O)cc1. The highest BCUT2D eigenvalue weighted by atomic mass is 19.2. The standard InChI is InChI=1S/C14H10F2N2O2/c15-12-6-1-9(7-13(12)16)8-17-18-14(20)10-2-4-11(19)5-3-10/h1-8,19H,(H,18,20)/b17-8+. The van der Waals surface area contributed by atoms with Gasteiger partial charge in [0.1, 0.15) is 5.75 Å². The van der Waals surface area contributed by atoms with Crippen LogP contribution in [0, 0.1) is 11.6 Å². The van der Waals surface area contributed by atoms with Crippen LogP contribution in [0.5, 0.6) is 5.75 Å². The Morgan fingerprint density at radius 2 is 1.80 bits per heavy atom. The molecule has 0 aliphatic carbocycles. The molecule has 0 atom stereocenters. The maximum absolute atomic E-state index is 12.9. The molecule has 0 aliphatic rings. The highest BCUT2D eigenvalue weighted by Gasteiger charge is 2.04. The summed E-state index contributed by atoms with van der Waals surface area (Å²) in [5.74, 6) is -2.37. The second-order valence-electron chi connectivity index (χ2n) is 3.92. The molecular formula is C14H10F2N2O2. The number of phenols is 1. The van der Waals surface area contributed by atoms with E-state index in [0.29, 0.717) is 11.1 Å². The first-order valence-electron chi connectivity index (χ1n) is 5.64. The number of nitrogens with zero attached hydrogens (tertiary/aromatic N) is 1. The molecule has 0 fully saturated rings. The maximum Gasteiger partial charge on any atom is 0.271 e. The summed E-state index contributed by atoms with van der Waals surface area (Å²) < 4.78 is 25.6. The number of carbonyl (C=O) groups is 1. The van der Waals surface area contributed by atoms with Gasteiger partial charge in [0.2, 0.25) is 0 Å². The van der Waals surface area contributed by atoms with E-state index in [-0.39, 0.29) is 5.75 Å². The quantitative estimate of drug-likeness (QED) is 0.668. The van der Waals surface area contributed by atoms with Crippen LogP contribution in [-0.2, 0) is 0 Å². The molecular weight excluding hydrogens is 266 g/mol. The first-order valence-corrected chi connectivity index (χ1v) is 5.64. The molecule has 0 bridgehead atoms. The largest absolute Gasteiger partial charge is 0.508 e. The van der Waals surface area contributed by atoms with Gasteiger partial charge < -0.3 is 5.11 Å². The first kappa shape index (κ1) is 13.7. The molecule has 0 aromatic heterocycles. The molecule has 2 N–H and O–H groups in total. The molecule has 2 aromatic rings. The Kier molecular flexibility index (Phi) is 4.05. The number of benzene rings is 2. The average Bonchev–Trinajstić information content (AvgIpc) is 2.43. The van der Waals surface area contributed by atoms with Gasteiger partial charge in [-0.1, -0.05) is 6.07 Å². The minimum Gasteiger partial charge on any atom is -0.508 e. The van der Waals surface area contributed by atoms with Crippen LogP contribution in [0.15, 0.2) is 47.6 Å². The lowest BCUT2D eigenvalue weighted by atomic mass is 10.2. The van der Waals surface area contributed by atoms with E-state index in [9.17, 15) is 13.6 Å². The summed E-state index contributed by atoms with van der Waals surface area (Å²) in [6.07, 6.45) is 1.20. The lowest BCUT2D eigenvalue weighted by Crippen LogP contribution is -2.17. The van der Waals surface area contributed by atoms with E-state index < -0.39 is 17.5 Å². The summed E-state index contributed by atoms with van der Waals surface area (Å²) in [5.41, 5.74) is 2.86. The molecule has 20 heavy (non-hydrogen) atoms. The van der Waals surface area contributed by atoms with Crippen LogP contribution < -0.4 is 5.43 Å². The Labute approximate surface area is 113 Å². The molecule has 4 nitrogen and oxygen atoms in total. The molecule has 1 amide bonds. The van der Waals surface area contributed by atoms with Crippen molar-refractivity contribution in [1.82, 2.24) is 5.43 Å². The lowest BCUT2D eigenvalue weighted by molar-refractivity contribution is 0.0955. The van der Waals surface area contributed by atoms with Crippen molar-refractivity contribution >= 4 is 12.1 Å². The van der Waals surface area contributed by atoms with Gasteiger partial charge in [-0.15, -0.1) is 0 Å². The highest BCUT2D eigenvalue weighted by molar-refractivity contribution is 5.94. The van der Waals surface area contributed by atoms with E-state index in [4.69, 9.17) is 5.11 Å². The number of phenolic OH excluding ortho intramolecular Hbond substituents is 1. The summed E-state index contributed by atoms with van der Waals surface area (Å²) >= 11 is 0. The summed E-state index contributed by atoms with van der Waals surface area (Å²) in [5, 5.41) is 12.7. The van der Waals surface area contributed by atoms with Crippen molar-refractivity contribution in [3.8, 4) is 5.75 Å². The van der Waals surface area contributed by atoms with Crippen LogP contribution in [0.1, 0.15) is 15.9 Å². The van der Waals surface area contributed by atoms with Gasteiger partial charge in [-0.3, -0.25) is 4.79 Å². The molecule has 0 unspecified atom stereocenters. The fourth-order valence-electron chi connectivity index (χ4n) is 1.44. The van der Waals surface area contributed by atoms with Crippen molar-refractivity contribution in [1.29, 1.82) is 0 Å². The molecule has 0 heterocycles. The second-order valence-corrected chi connectivity index (χ2v) is 3.92. The topological polar surface area (TPSA) is 61.7 Å². The minimum absolute atomic E-state index is 0.0480. The first-order chi connectivity index (χ1) is 9.56. The molecule has 0 aliphatic heterocycles. The summed E-state index contributed by atoms with van der Waals surface area (Å²) in [6.45, 7) is 0. The predicted molar refractivity (Wildman–Crippen MR) is 69.5 cm³/mol. The molecule has 0 spiro atoms. The molecule has 0 radical (unpaired) electrons. The molecule has 102 valence electrons. The zero-order valence-electron chi connectivity index (χ0n) is 10.2. The smallest absolute Gasteiger partial charge is 0.271 e. The van der Waals surface area contributed by atoms with E-state index in [0.717, 1.165) is 12.1 Å². The Hall–Kier alpha value is -2.76. The van der Waals surface area contributed by atoms with Crippen LogP contribution in [0.4, 0.5) is 8.78 Å². The van der Waals surface area contributed by atoms with Gasteiger partial charge in [0.15, 0.2) is 11.6 Å². The fourth-order valence-corrected chi connectivity index (χ4v) is 1.44. The highest BCUT2D eigenvalue weighted by Crippen LogP contribution is 2.09. The van der Waals surface area contributed by atoms with Crippen LogP contribution in [-0.4, -0.2) is 17.2 Å². The third kappa shape index (κ3) is 3.38. The zero-order chi connectivity index (χ0) is 14.5. The maximum atomic E-state index is 12.9. The number of hydrazone groups is 1. The predicted octanol–water partition coefficient (Wildman–Crippen LogP) is 2.43. The van der Waals surface area contributed by atoms with Crippen molar-refractivity contribution in [2.45, 2.75) is 0 Å². The van der Waals surface area contributed by atoms with Gasteiger partial charge in [0, 0.05) is 5.56 Å². The van der Waals surface area contributed by atoms with Crippen molar-refractivity contribution in [2.24, 2.45) is 5.10 Å². The van der Waals surface area contributed by atoms with Crippen molar-refractivity contribution < 1.29 is 18.7 Å². The number of amides is 1. The molecule has 2 aromatic carbocycles. The normalized spacial score (nSPS) is 10.7. The van der Waals surface area contributed by atoms with E-state index in [1.165, 1.54) is 36.5 Å². The Balaban J connectivity index is 2.00. The zero-order valence-corrected chi connectivity index (χ0v) is 10.2. The van der Waals surface area contributed by atoms with E-state index in [1.807, 2.05) is 0 Å². The van der Waals surface area contributed by atoms with Gasteiger partial charge in [-0.2, -0.15) is 5.10 Å². The van der Waals surface area contributed by atoms with E-state index in [2.05, 4.69) is 10.5 Å². The average molecular weight is 276 g/mol. The number of hydrogen-bond acceptors (Lipinski definition) is 3. The van der Waals surface area contributed by atoms with Gasteiger partial charge in [-0.05, 0) is 42.0 Å². The molecule has 6 heteroatoms. The lowest BCUT2D eigenvalue weighted by Gasteiger charge is -2.00. The van der Waals surface area contributed by atoms with Crippen LogP contribution in [0.25, 0.3) is 0 Å². The number of rotatable bonds is 3. The van der Waals surface area contributed by atoms with Gasteiger partial charge in [0.05, 0.1) is 6.21 Å². The summed E-state index contributed by atoms with van der Waals surface area (Å²) in [7, 11) is 0. The van der Waals surface area contributed by atoms with E-state index >= 15 is 0 Å². The van der Waals surface area contributed by atoms with Gasteiger partial charge in [0.25, 0.3) is 5.91 Å². The minimum atomic E-state index is -0.987. The summed E-state index contributed by atoms with van der Waals surface area (Å²) in [6, 6.07) is 8.86. The number of nitrogens with one attached hydrogen (secondary N) is 1. The Bertz CT molecular complexity index is 655. The van der Waals surface area contributed by atoms with Crippen LogP contribution >= 0.6 is 0 Å². The number of halogens is 2. The fraction of sp³-hybridized carbons (Fsp3) is 0. The van der Waals surface area contributed by atoms with Gasteiger partial charge in [-0.25, -0.2) is 14.2 Å². The van der Waals surface area contributed by atoms with Crippen LogP contribution in [0.3, 0.4) is 0 Å². The second kappa shape index (κ2) is 5.92. The monoisotopic (exact) mass is 276 g/mol.